The summed E-state index contributed by atoms with van der Waals surface area (Å²) < 4.78 is 5.02. The van der Waals surface area contributed by atoms with Crippen LogP contribution in [-0.2, 0) is 4.74 Å². The summed E-state index contributed by atoms with van der Waals surface area (Å²) in [5, 5.41) is 17.8. The lowest BCUT2D eigenvalue weighted by Gasteiger charge is -2.05. The summed E-state index contributed by atoms with van der Waals surface area (Å²) >= 11 is 0. The van der Waals surface area contributed by atoms with Gasteiger partial charge in [0.25, 0.3) is 5.91 Å². The van der Waals surface area contributed by atoms with Gasteiger partial charge in [-0.3, -0.25) is 9.89 Å². The first kappa shape index (κ1) is 14.5. The maximum Gasteiger partial charge on any atom is 0.274 e. The molecule has 0 saturated carbocycles. The monoisotopic (exact) mass is 256 g/mol. The number of nitrogens with two attached hydrogens (primary N) is 1. The van der Waals surface area contributed by atoms with E-state index in [4.69, 9.17) is 15.6 Å². The number of nitrogen functional groups attached to an aromatic ring is 1. The maximum atomic E-state index is 11.8. The number of carbonyl (C=O) groups is 1. The number of aromatic amines is 1. The standard InChI is InChI=1S/C11H20N4O3/c1-7(2)9-8(12)10(15-14-9)11(17)13-3-5-18-6-4-16/h7,16H,3-6,12H2,1-2H3,(H,13,17)(H,14,15). The molecule has 1 heterocycles. The zero-order valence-corrected chi connectivity index (χ0v) is 10.7. The van der Waals surface area contributed by atoms with E-state index < -0.39 is 0 Å². The molecule has 1 aromatic rings. The Balaban J connectivity index is 2.47. The summed E-state index contributed by atoms with van der Waals surface area (Å²) in [6.07, 6.45) is 0. The van der Waals surface area contributed by atoms with Crippen molar-refractivity contribution in [3.63, 3.8) is 0 Å². The van der Waals surface area contributed by atoms with Crippen LogP contribution in [0.3, 0.4) is 0 Å². The van der Waals surface area contributed by atoms with Gasteiger partial charge in [0.2, 0.25) is 0 Å². The molecule has 0 aromatic carbocycles. The van der Waals surface area contributed by atoms with Crippen LogP contribution in [0.2, 0.25) is 0 Å². The Kier molecular flexibility index (Phi) is 5.60. The van der Waals surface area contributed by atoms with Gasteiger partial charge in [0, 0.05) is 6.54 Å². The van der Waals surface area contributed by atoms with Crippen LogP contribution < -0.4 is 11.1 Å². The zero-order valence-electron chi connectivity index (χ0n) is 10.7. The third kappa shape index (κ3) is 3.71. The largest absolute Gasteiger partial charge is 0.395 e. The van der Waals surface area contributed by atoms with E-state index in [1.807, 2.05) is 13.8 Å². The van der Waals surface area contributed by atoms with Gasteiger partial charge < -0.3 is 20.9 Å². The third-order valence-electron chi connectivity index (χ3n) is 2.39. The topological polar surface area (TPSA) is 113 Å². The third-order valence-corrected chi connectivity index (χ3v) is 2.39. The molecule has 1 amide bonds. The first-order valence-corrected chi connectivity index (χ1v) is 5.88. The number of hydrogen-bond acceptors (Lipinski definition) is 5. The van der Waals surface area contributed by atoms with Crippen LogP contribution >= 0.6 is 0 Å². The van der Waals surface area contributed by atoms with Crippen molar-refractivity contribution in [2.75, 3.05) is 32.1 Å². The average Bonchev–Trinajstić information content (AvgIpc) is 2.70. The van der Waals surface area contributed by atoms with Gasteiger partial charge in [-0.15, -0.1) is 0 Å². The molecule has 0 atom stereocenters. The molecule has 0 spiro atoms. The molecule has 0 radical (unpaired) electrons. The maximum absolute atomic E-state index is 11.8. The number of H-pyrrole nitrogens is 1. The van der Waals surface area contributed by atoms with Gasteiger partial charge >= 0.3 is 0 Å². The molecular formula is C11H20N4O3. The lowest BCUT2D eigenvalue weighted by atomic mass is 10.1. The number of amides is 1. The number of carbonyl (C=O) groups excluding carboxylic acids is 1. The number of ether oxygens (including phenoxy) is 1. The van der Waals surface area contributed by atoms with Crippen molar-refractivity contribution in [3.05, 3.63) is 11.4 Å². The molecule has 0 unspecified atom stereocenters. The Bertz CT molecular complexity index is 390. The second-order valence-corrected chi connectivity index (χ2v) is 4.15. The van der Waals surface area contributed by atoms with E-state index >= 15 is 0 Å². The molecule has 7 heteroatoms. The summed E-state index contributed by atoms with van der Waals surface area (Å²) in [5.41, 5.74) is 7.20. The van der Waals surface area contributed by atoms with E-state index in [9.17, 15) is 4.79 Å². The molecule has 0 aliphatic rings. The fourth-order valence-electron chi connectivity index (χ4n) is 1.46. The molecular weight excluding hydrogens is 236 g/mol. The second-order valence-electron chi connectivity index (χ2n) is 4.15. The van der Waals surface area contributed by atoms with Crippen molar-refractivity contribution < 1.29 is 14.6 Å². The molecule has 0 aliphatic heterocycles. The molecule has 1 rings (SSSR count). The molecule has 0 fully saturated rings. The Morgan fingerprint density at radius 1 is 1.56 bits per heavy atom. The summed E-state index contributed by atoms with van der Waals surface area (Å²) in [6, 6.07) is 0. The number of nitrogens with one attached hydrogen (secondary N) is 2. The van der Waals surface area contributed by atoms with E-state index in [0.717, 1.165) is 5.69 Å². The van der Waals surface area contributed by atoms with Crippen LogP contribution in [0.25, 0.3) is 0 Å². The fraction of sp³-hybridized carbons (Fsp3) is 0.636. The lowest BCUT2D eigenvalue weighted by molar-refractivity contribution is 0.0835. The first-order chi connectivity index (χ1) is 8.57. The highest BCUT2D eigenvalue weighted by molar-refractivity contribution is 5.97. The van der Waals surface area contributed by atoms with Crippen molar-refractivity contribution in [1.82, 2.24) is 15.5 Å². The normalized spacial score (nSPS) is 10.9. The summed E-state index contributed by atoms with van der Waals surface area (Å²) in [4.78, 5) is 11.8. The van der Waals surface area contributed by atoms with Gasteiger partial charge in [-0.25, -0.2) is 0 Å². The van der Waals surface area contributed by atoms with E-state index in [0.29, 0.717) is 18.8 Å². The Morgan fingerprint density at radius 2 is 2.28 bits per heavy atom. The van der Waals surface area contributed by atoms with Crippen molar-refractivity contribution >= 4 is 11.6 Å². The van der Waals surface area contributed by atoms with Crippen LogP contribution in [0, 0.1) is 0 Å². The van der Waals surface area contributed by atoms with Gasteiger partial charge in [-0.1, -0.05) is 13.8 Å². The highest BCUT2D eigenvalue weighted by atomic mass is 16.5. The number of anilines is 1. The number of aliphatic hydroxyl groups excluding tert-OH is 1. The molecule has 1 aromatic heterocycles. The Hall–Kier alpha value is -1.60. The van der Waals surface area contributed by atoms with E-state index in [2.05, 4.69) is 15.5 Å². The number of hydrogen-bond donors (Lipinski definition) is 4. The first-order valence-electron chi connectivity index (χ1n) is 5.88. The molecule has 0 aliphatic carbocycles. The predicted molar refractivity (Wildman–Crippen MR) is 67.3 cm³/mol. The minimum atomic E-state index is -0.330. The highest BCUT2D eigenvalue weighted by Crippen LogP contribution is 2.21. The molecule has 102 valence electrons. The summed E-state index contributed by atoms with van der Waals surface area (Å²) in [7, 11) is 0. The number of aromatic nitrogens is 2. The average molecular weight is 256 g/mol. The minimum Gasteiger partial charge on any atom is -0.395 e. The van der Waals surface area contributed by atoms with Crippen LogP contribution in [0.4, 0.5) is 5.69 Å². The van der Waals surface area contributed by atoms with Gasteiger partial charge in [-0.2, -0.15) is 5.10 Å². The van der Waals surface area contributed by atoms with Crippen LogP contribution in [0.1, 0.15) is 35.9 Å². The van der Waals surface area contributed by atoms with E-state index in [1.54, 1.807) is 0 Å². The number of rotatable bonds is 7. The van der Waals surface area contributed by atoms with Crippen LogP contribution in [0.15, 0.2) is 0 Å². The van der Waals surface area contributed by atoms with Crippen LogP contribution in [-0.4, -0.2) is 47.6 Å². The molecule has 7 nitrogen and oxygen atoms in total. The Labute approximate surface area is 106 Å². The predicted octanol–water partition coefficient (Wildman–Crippen LogP) is -0.146. The van der Waals surface area contributed by atoms with Gasteiger partial charge in [0.15, 0.2) is 5.69 Å². The SMILES string of the molecule is CC(C)c1[nH]nc(C(=O)NCCOCCO)c1N. The van der Waals surface area contributed by atoms with Gasteiger partial charge in [0.1, 0.15) is 0 Å². The number of aliphatic hydroxyl groups is 1. The van der Waals surface area contributed by atoms with Crippen molar-refractivity contribution in [2.45, 2.75) is 19.8 Å². The molecule has 5 N–H and O–H groups in total. The highest BCUT2D eigenvalue weighted by Gasteiger charge is 2.18. The second kappa shape index (κ2) is 6.97. The van der Waals surface area contributed by atoms with E-state index in [-0.39, 0.29) is 30.7 Å². The zero-order chi connectivity index (χ0) is 13.5. The molecule has 0 saturated heterocycles. The molecule has 18 heavy (non-hydrogen) atoms. The molecule has 0 bridgehead atoms. The van der Waals surface area contributed by atoms with Crippen molar-refractivity contribution in [3.8, 4) is 0 Å². The summed E-state index contributed by atoms with van der Waals surface area (Å²) in [5.74, 6) is -0.143. The Morgan fingerprint density at radius 3 is 2.83 bits per heavy atom. The smallest absolute Gasteiger partial charge is 0.274 e. The van der Waals surface area contributed by atoms with Crippen molar-refractivity contribution in [2.24, 2.45) is 0 Å². The van der Waals surface area contributed by atoms with E-state index in [1.165, 1.54) is 0 Å². The fourth-order valence-corrected chi connectivity index (χ4v) is 1.46. The summed E-state index contributed by atoms with van der Waals surface area (Å²) in [6.45, 7) is 4.86. The quantitative estimate of drug-likeness (QED) is 0.507. The van der Waals surface area contributed by atoms with Gasteiger partial charge in [-0.05, 0) is 5.92 Å². The van der Waals surface area contributed by atoms with Gasteiger partial charge in [0.05, 0.1) is 31.2 Å². The number of nitrogens with zero attached hydrogens (tertiary/aromatic N) is 1. The minimum absolute atomic E-state index is 0.0298. The van der Waals surface area contributed by atoms with Crippen LogP contribution in [0.5, 0.6) is 0 Å². The van der Waals surface area contributed by atoms with Crippen molar-refractivity contribution in [1.29, 1.82) is 0 Å². The lowest BCUT2D eigenvalue weighted by Crippen LogP contribution is -2.28.